The van der Waals surface area contributed by atoms with Gasteiger partial charge in [0.15, 0.2) is 0 Å². The lowest BCUT2D eigenvalue weighted by Gasteiger charge is -2.27. The summed E-state index contributed by atoms with van der Waals surface area (Å²) in [5, 5.41) is 0. The molecule has 2 atom stereocenters. The van der Waals surface area contributed by atoms with Crippen LogP contribution in [0.25, 0.3) is 0 Å². The molecule has 1 amide bonds. The molecule has 1 aliphatic heterocycles. The standard InChI is InChI=1S/C12H20N4O/c1-3-5-16-11(17)6-9(13)12(16)10-7-14-8-15(10)4-2/h7-9,12H,3-6,13H2,1-2H3/t9-,12-/m0/s1. The van der Waals surface area contributed by atoms with Crippen LogP contribution >= 0.6 is 0 Å². The average Bonchev–Trinajstić information content (AvgIpc) is 2.85. The van der Waals surface area contributed by atoms with E-state index in [2.05, 4.69) is 23.4 Å². The predicted octanol–water partition coefficient (Wildman–Crippen LogP) is 0.914. The third-order valence-electron chi connectivity index (χ3n) is 3.32. The molecule has 17 heavy (non-hydrogen) atoms. The Morgan fingerprint density at radius 2 is 2.29 bits per heavy atom. The van der Waals surface area contributed by atoms with Crippen LogP contribution < -0.4 is 5.73 Å². The summed E-state index contributed by atoms with van der Waals surface area (Å²) < 4.78 is 2.06. The van der Waals surface area contributed by atoms with Crippen LogP contribution in [-0.4, -0.2) is 32.9 Å². The molecule has 1 aromatic heterocycles. The zero-order valence-electron chi connectivity index (χ0n) is 10.5. The number of imidazole rings is 1. The maximum absolute atomic E-state index is 11.9. The molecule has 94 valence electrons. The van der Waals surface area contributed by atoms with Crippen molar-refractivity contribution in [3.05, 3.63) is 18.2 Å². The first-order valence-corrected chi connectivity index (χ1v) is 6.24. The number of nitrogens with zero attached hydrogens (tertiary/aromatic N) is 3. The van der Waals surface area contributed by atoms with Crippen LogP contribution in [0.5, 0.6) is 0 Å². The van der Waals surface area contributed by atoms with E-state index >= 15 is 0 Å². The van der Waals surface area contributed by atoms with Gasteiger partial charge in [-0.3, -0.25) is 4.79 Å². The number of carbonyl (C=O) groups is 1. The van der Waals surface area contributed by atoms with Gasteiger partial charge in [0.05, 0.1) is 24.3 Å². The van der Waals surface area contributed by atoms with Gasteiger partial charge < -0.3 is 15.2 Å². The molecule has 0 aliphatic carbocycles. The fourth-order valence-electron chi connectivity index (χ4n) is 2.54. The van der Waals surface area contributed by atoms with E-state index in [1.165, 1.54) is 0 Å². The van der Waals surface area contributed by atoms with Crippen LogP contribution in [0.4, 0.5) is 0 Å². The topological polar surface area (TPSA) is 64.2 Å². The molecule has 0 saturated carbocycles. The zero-order valence-corrected chi connectivity index (χ0v) is 10.5. The van der Waals surface area contributed by atoms with Crippen molar-refractivity contribution < 1.29 is 4.79 Å². The molecule has 2 heterocycles. The first-order chi connectivity index (χ1) is 8.19. The van der Waals surface area contributed by atoms with Crippen molar-refractivity contribution in [3.8, 4) is 0 Å². The lowest BCUT2D eigenvalue weighted by Crippen LogP contribution is -2.34. The molecule has 0 spiro atoms. The largest absolute Gasteiger partial charge is 0.333 e. The minimum absolute atomic E-state index is 0.00935. The number of carbonyl (C=O) groups excluding carboxylic acids is 1. The van der Waals surface area contributed by atoms with Crippen LogP contribution in [0.3, 0.4) is 0 Å². The summed E-state index contributed by atoms with van der Waals surface area (Å²) in [7, 11) is 0. The highest BCUT2D eigenvalue weighted by Crippen LogP contribution is 2.31. The predicted molar refractivity (Wildman–Crippen MR) is 65.2 cm³/mol. The quantitative estimate of drug-likeness (QED) is 0.845. The monoisotopic (exact) mass is 236 g/mol. The van der Waals surface area contributed by atoms with Crippen LogP contribution in [0, 0.1) is 0 Å². The number of likely N-dealkylation sites (tertiary alicyclic amines) is 1. The number of hydrogen-bond donors (Lipinski definition) is 1. The van der Waals surface area contributed by atoms with E-state index in [4.69, 9.17) is 5.73 Å². The Labute approximate surface area is 102 Å². The SMILES string of the molecule is CCCN1C(=O)C[C@H](N)[C@H]1c1cncn1CC. The van der Waals surface area contributed by atoms with Gasteiger partial charge in [0.25, 0.3) is 0 Å². The van der Waals surface area contributed by atoms with Gasteiger partial charge in [-0.05, 0) is 13.3 Å². The van der Waals surface area contributed by atoms with Crippen molar-refractivity contribution >= 4 is 5.91 Å². The molecule has 1 saturated heterocycles. The molecular weight excluding hydrogens is 216 g/mol. The lowest BCUT2D eigenvalue weighted by molar-refractivity contribution is -0.129. The number of hydrogen-bond acceptors (Lipinski definition) is 3. The van der Waals surface area contributed by atoms with E-state index in [1.54, 1.807) is 6.33 Å². The first kappa shape index (κ1) is 12.1. The number of rotatable bonds is 4. The van der Waals surface area contributed by atoms with Gasteiger partial charge in [-0.1, -0.05) is 6.92 Å². The Hall–Kier alpha value is -1.36. The van der Waals surface area contributed by atoms with Gasteiger partial charge in [0.1, 0.15) is 0 Å². The molecule has 1 aliphatic rings. The van der Waals surface area contributed by atoms with E-state index in [9.17, 15) is 4.79 Å². The fraction of sp³-hybridized carbons (Fsp3) is 0.667. The van der Waals surface area contributed by atoms with Gasteiger partial charge in [0.2, 0.25) is 5.91 Å². The van der Waals surface area contributed by atoms with Crippen LogP contribution in [0.15, 0.2) is 12.5 Å². The summed E-state index contributed by atoms with van der Waals surface area (Å²) in [6.07, 6.45) is 5.03. The Morgan fingerprint density at radius 1 is 1.53 bits per heavy atom. The second-order valence-electron chi connectivity index (χ2n) is 4.50. The molecular formula is C12H20N4O. The summed E-state index contributed by atoms with van der Waals surface area (Å²) >= 11 is 0. The number of amides is 1. The smallest absolute Gasteiger partial charge is 0.224 e. The summed E-state index contributed by atoms with van der Waals surface area (Å²) in [5.74, 6) is 0.160. The van der Waals surface area contributed by atoms with Crippen molar-refractivity contribution in [1.29, 1.82) is 0 Å². The average molecular weight is 236 g/mol. The van der Waals surface area contributed by atoms with Crippen molar-refractivity contribution in [2.24, 2.45) is 5.73 Å². The summed E-state index contributed by atoms with van der Waals surface area (Å²) in [6.45, 7) is 5.77. The molecule has 0 unspecified atom stereocenters. The summed E-state index contributed by atoms with van der Waals surface area (Å²) in [6, 6.07) is -0.124. The van der Waals surface area contributed by atoms with Crippen molar-refractivity contribution in [1.82, 2.24) is 14.5 Å². The van der Waals surface area contributed by atoms with Gasteiger partial charge in [0, 0.05) is 25.6 Å². The lowest BCUT2D eigenvalue weighted by atomic mass is 10.1. The molecule has 2 N–H and O–H groups in total. The van der Waals surface area contributed by atoms with E-state index in [0.717, 1.165) is 25.2 Å². The third kappa shape index (κ3) is 2.07. The number of nitrogens with two attached hydrogens (primary N) is 1. The van der Waals surface area contributed by atoms with Crippen LogP contribution in [-0.2, 0) is 11.3 Å². The van der Waals surface area contributed by atoms with E-state index in [0.29, 0.717) is 6.42 Å². The van der Waals surface area contributed by atoms with Crippen LogP contribution in [0.2, 0.25) is 0 Å². The first-order valence-electron chi connectivity index (χ1n) is 6.24. The maximum Gasteiger partial charge on any atom is 0.224 e. The highest BCUT2D eigenvalue weighted by Gasteiger charge is 2.39. The molecule has 5 heteroatoms. The Bertz CT molecular complexity index is 401. The minimum Gasteiger partial charge on any atom is -0.333 e. The number of aryl methyl sites for hydroxylation is 1. The maximum atomic E-state index is 11.9. The second-order valence-corrected chi connectivity index (χ2v) is 4.50. The molecule has 1 fully saturated rings. The van der Waals surface area contributed by atoms with Crippen molar-refractivity contribution in [2.75, 3.05) is 6.54 Å². The Balaban J connectivity index is 2.31. The van der Waals surface area contributed by atoms with Gasteiger partial charge >= 0.3 is 0 Å². The Morgan fingerprint density at radius 3 is 2.94 bits per heavy atom. The van der Waals surface area contributed by atoms with E-state index < -0.39 is 0 Å². The molecule has 1 aromatic rings. The van der Waals surface area contributed by atoms with Gasteiger partial charge in [-0.25, -0.2) is 4.98 Å². The molecule has 0 radical (unpaired) electrons. The molecule has 0 bridgehead atoms. The molecule has 5 nitrogen and oxygen atoms in total. The zero-order chi connectivity index (χ0) is 12.4. The van der Waals surface area contributed by atoms with Crippen LogP contribution in [0.1, 0.15) is 38.4 Å². The Kier molecular flexibility index (Phi) is 3.47. The van der Waals surface area contributed by atoms with E-state index in [-0.39, 0.29) is 18.0 Å². The van der Waals surface area contributed by atoms with Gasteiger partial charge in [-0.15, -0.1) is 0 Å². The number of aromatic nitrogens is 2. The van der Waals surface area contributed by atoms with E-state index in [1.807, 2.05) is 11.1 Å². The highest BCUT2D eigenvalue weighted by atomic mass is 16.2. The summed E-state index contributed by atoms with van der Waals surface area (Å²) in [4.78, 5) is 18.0. The third-order valence-corrected chi connectivity index (χ3v) is 3.32. The normalized spacial score (nSPS) is 24.6. The van der Waals surface area contributed by atoms with Gasteiger partial charge in [-0.2, -0.15) is 0 Å². The minimum atomic E-state index is -0.115. The second kappa shape index (κ2) is 4.87. The highest BCUT2D eigenvalue weighted by molar-refractivity contribution is 5.80. The molecule has 2 rings (SSSR count). The van der Waals surface area contributed by atoms with Crippen molar-refractivity contribution in [2.45, 2.75) is 45.3 Å². The van der Waals surface area contributed by atoms with Crippen molar-refractivity contribution in [3.63, 3.8) is 0 Å². The fourth-order valence-corrected chi connectivity index (χ4v) is 2.54. The molecule has 0 aromatic carbocycles. The summed E-state index contributed by atoms with van der Waals surface area (Å²) in [5.41, 5.74) is 7.16.